The zero-order valence-electron chi connectivity index (χ0n) is 17.0. The molecule has 4 rings (SSSR count). The van der Waals surface area contributed by atoms with E-state index in [1.807, 2.05) is 0 Å². The number of hydrogen-bond donors (Lipinski definition) is 1. The van der Waals surface area contributed by atoms with E-state index in [2.05, 4.69) is 10.3 Å². The number of aromatic nitrogens is 1. The second kappa shape index (κ2) is 9.98. The number of cyclic esters (lactones) is 1. The molecule has 31 heavy (non-hydrogen) atoms. The highest BCUT2D eigenvalue weighted by Crippen LogP contribution is 2.24. The van der Waals surface area contributed by atoms with Crippen LogP contribution in [0.4, 0.5) is 10.5 Å². The summed E-state index contributed by atoms with van der Waals surface area (Å²) in [5, 5.41) is 3.32. The minimum Gasteiger partial charge on any atom is -0.477 e. The molecule has 2 saturated heterocycles. The first-order valence-corrected chi connectivity index (χ1v) is 10.6. The van der Waals surface area contributed by atoms with Crippen molar-refractivity contribution in [3.8, 4) is 5.88 Å². The fourth-order valence-corrected chi connectivity index (χ4v) is 3.69. The van der Waals surface area contributed by atoms with E-state index in [1.165, 1.54) is 11.1 Å². The van der Waals surface area contributed by atoms with Gasteiger partial charge in [0.2, 0.25) is 5.88 Å². The Morgan fingerprint density at radius 3 is 2.84 bits per heavy atom. The van der Waals surface area contributed by atoms with Crippen LogP contribution in [0.1, 0.15) is 23.2 Å². The number of carbonyl (C=O) groups excluding carboxylic acids is 2. The zero-order chi connectivity index (χ0) is 21.6. The summed E-state index contributed by atoms with van der Waals surface area (Å²) in [6, 6.07) is 10.3. The van der Waals surface area contributed by atoms with E-state index in [0.29, 0.717) is 41.2 Å². The Morgan fingerprint density at radius 1 is 1.26 bits per heavy atom. The molecular weight excluding hydrogens is 422 g/mol. The SMILES string of the molecule is O=C(NC[C@H]1CN(c2cccc(Cl)c2)C(=O)O1)c1ccc(OCC2CCOCC2)nc1. The molecule has 2 fully saturated rings. The van der Waals surface area contributed by atoms with Crippen molar-refractivity contribution in [2.24, 2.45) is 5.92 Å². The van der Waals surface area contributed by atoms with Crippen LogP contribution in [0.5, 0.6) is 5.88 Å². The van der Waals surface area contributed by atoms with Crippen molar-refractivity contribution in [2.45, 2.75) is 18.9 Å². The molecule has 0 spiro atoms. The molecule has 3 heterocycles. The number of amides is 2. The minimum atomic E-state index is -0.464. The lowest BCUT2D eigenvalue weighted by Crippen LogP contribution is -2.34. The fourth-order valence-electron chi connectivity index (χ4n) is 3.51. The van der Waals surface area contributed by atoms with Crippen LogP contribution in [0.25, 0.3) is 0 Å². The maximum Gasteiger partial charge on any atom is 0.414 e. The molecule has 2 amide bonds. The van der Waals surface area contributed by atoms with Crippen molar-refractivity contribution < 1.29 is 23.8 Å². The molecule has 0 aliphatic carbocycles. The zero-order valence-corrected chi connectivity index (χ0v) is 17.7. The molecule has 9 heteroatoms. The monoisotopic (exact) mass is 445 g/mol. The number of pyridine rings is 1. The molecule has 0 bridgehead atoms. The van der Waals surface area contributed by atoms with Gasteiger partial charge in [-0.05, 0) is 43.0 Å². The van der Waals surface area contributed by atoms with E-state index in [4.69, 9.17) is 25.8 Å². The summed E-state index contributed by atoms with van der Waals surface area (Å²) in [4.78, 5) is 30.3. The molecule has 1 atom stereocenters. The maximum atomic E-state index is 12.4. The van der Waals surface area contributed by atoms with E-state index in [-0.39, 0.29) is 12.5 Å². The summed E-state index contributed by atoms with van der Waals surface area (Å²) in [7, 11) is 0. The van der Waals surface area contributed by atoms with Crippen LogP contribution in [0.2, 0.25) is 5.02 Å². The van der Waals surface area contributed by atoms with Gasteiger partial charge in [0.25, 0.3) is 5.91 Å². The van der Waals surface area contributed by atoms with Gasteiger partial charge in [-0.2, -0.15) is 0 Å². The van der Waals surface area contributed by atoms with Crippen molar-refractivity contribution in [3.63, 3.8) is 0 Å². The Kier molecular flexibility index (Phi) is 6.89. The third-order valence-corrected chi connectivity index (χ3v) is 5.53. The van der Waals surface area contributed by atoms with Crippen LogP contribution in [-0.2, 0) is 9.47 Å². The Morgan fingerprint density at radius 2 is 2.10 bits per heavy atom. The molecule has 1 aromatic heterocycles. The van der Waals surface area contributed by atoms with Crippen LogP contribution in [0.3, 0.4) is 0 Å². The first-order chi connectivity index (χ1) is 15.1. The minimum absolute atomic E-state index is 0.198. The number of carbonyl (C=O) groups is 2. The first kappa shape index (κ1) is 21.4. The standard InChI is InChI=1S/C22H24ClN3O5/c23-17-2-1-3-18(10-17)26-13-19(31-22(26)28)12-25-21(27)16-4-5-20(24-11-16)30-14-15-6-8-29-9-7-15/h1-5,10-11,15,19H,6-9,12-14H2,(H,25,27)/t19-/m0/s1. The summed E-state index contributed by atoms with van der Waals surface area (Å²) in [6.45, 7) is 2.67. The van der Waals surface area contributed by atoms with Crippen molar-refractivity contribution in [2.75, 3.05) is 37.8 Å². The number of rotatable bonds is 7. The third kappa shape index (κ3) is 5.65. The Labute approximate surface area is 185 Å². The Balaban J connectivity index is 1.24. The van der Waals surface area contributed by atoms with Crippen LogP contribution in [0, 0.1) is 5.92 Å². The highest BCUT2D eigenvalue weighted by atomic mass is 35.5. The van der Waals surface area contributed by atoms with Crippen LogP contribution < -0.4 is 15.0 Å². The van der Waals surface area contributed by atoms with Gasteiger partial charge in [0.1, 0.15) is 6.10 Å². The summed E-state index contributed by atoms with van der Waals surface area (Å²) in [5.74, 6) is 0.671. The van der Waals surface area contributed by atoms with Gasteiger partial charge in [-0.15, -0.1) is 0 Å². The van der Waals surface area contributed by atoms with Crippen molar-refractivity contribution >= 4 is 29.3 Å². The fraction of sp³-hybridized carbons (Fsp3) is 0.409. The smallest absolute Gasteiger partial charge is 0.414 e. The number of hydrogen-bond acceptors (Lipinski definition) is 6. The van der Waals surface area contributed by atoms with E-state index < -0.39 is 12.2 Å². The lowest BCUT2D eigenvalue weighted by molar-refractivity contribution is 0.0490. The number of nitrogens with one attached hydrogen (secondary N) is 1. The number of benzene rings is 1. The topological polar surface area (TPSA) is 90.0 Å². The summed E-state index contributed by atoms with van der Waals surface area (Å²) in [6.07, 6.45) is 2.54. The molecule has 0 radical (unpaired) electrons. The molecule has 2 aromatic rings. The van der Waals surface area contributed by atoms with Gasteiger partial charge >= 0.3 is 6.09 Å². The quantitative estimate of drug-likeness (QED) is 0.703. The molecule has 1 N–H and O–H groups in total. The average molecular weight is 446 g/mol. The molecule has 1 aromatic carbocycles. The van der Waals surface area contributed by atoms with Crippen LogP contribution >= 0.6 is 11.6 Å². The molecule has 2 aliphatic heterocycles. The van der Waals surface area contributed by atoms with Gasteiger partial charge < -0.3 is 19.5 Å². The predicted octanol–water partition coefficient (Wildman–Crippen LogP) is 3.30. The molecule has 0 saturated carbocycles. The number of ether oxygens (including phenoxy) is 3. The summed E-state index contributed by atoms with van der Waals surface area (Å²) >= 11 is 5.99. The van der Waals surface area contributed by atoms with E-state index >= 15 is 0 Å². The van der Waals surface area contributed by atoms with E-state index in [0.717, 1.165) is 26.1 Å². The van der Waals surface area contributed by atoms with Gasteiger partial charge in [0.15, 0.2) is 0 Å². The second-order valence-electron chi connectivity index (χ2n) is 7.56. The molecule has 8 nitrogen and oxygen atoms in total. The van der Waals surface area contributed by atoms with Gasteiger partial charge in [0, 0.05) is 36.2 Å². The Bertz CT molecular complexity index is 918. The van der Waals surface area contributed by atoms with E-state index in [9.17, 15) is 9.59 Å². The Hall–Kier alpha value is -2.84. The van der Waals surface area contributed by atoms with Gasteiger partial charge in [-0.1, -0.05) is 17.7 Å². The van der Waals surface area contributed by atoms with Gasteiger partial charge in [0.05, 0.1) is 25.3 Å². The highest BCUT2D eigenvalue weighted by Gasteiger charge is 2.32. The van der Waals surface area contributed by atoms with Crippen LogP contribution in [0.15, 0.2) is 42.6 Å². The van der Waals surface area contributed by atoms with Gasteiger partial charge in [-0.25, -0.2) is 9.78 Å². The molecule has 0 unspecified atom stereocenters. The van der Waals surface area contributed by atoms with Crippen LogP contribution in [-0.4, -0.2) is 56.0 Å². The molecule has 2 aliphatic rings. The predicted molar refractivity (Wildman–Crippen MR) is 115 cm³/mol. The normalized spacial score (nSPS) is 19.2. The number of halogens is 1. The molecular formula is C22H24ClN3O5. The summed E-state index contributed by atoms with van der Waals surface area (Å²) < 4.78 is 16.4. The lowest BCUT2D eigenvalue weighted by atomic mass is 10.0. The average Bonchev–Trinajstić information content (AvgIpc) is 3.17. The maximum absolute atomic E-state index is 12.4. The van der Waals surface area contributed by atoms with Gasteiger partial charge in [-0.3, -0.25) is 9.69 Å². The highest BCUT2D eigenvalue weighted by molar-refractivity contribution is 6.30. The van der Waals surface area contributed by atoms with E-state index in [1.54, 1.807) is 36.4 Å². The largest absolute Gasteiger partial charge is 0.477 e. The number of anilines is 1. The van der Waals surface area contributed by atoms with Crippen molar-refractivity contribution in [3.05, 3.63) is 53.2 Å². The third-order valence-electron chi connectivity index (χ3n) is 5.29. The lowest BCUT2D eigenvalue weighted by Gasteiger charge is -2.21. The second-order valence-corrected chi connectivity index (χ2v) is 7.99. The molecule has 164 valence electrons. The first-order valence-electron chi connectivity index (χ1n) is 10.3. The summed E-state index contributed by atoms with van der Waals surface area (Å²) in [5.41, 5.74) is 1.07. The van der Waals surface area contributed by atoms with Crippen molar-refractivity contribution in [1.29, 1.82) is 0 Å². The van der Waals surface area contributed by atoms with Crippen molar-refractivity contribution in [1.82, 2.24) is 10.3 Å². The number of nitrogens with zero attached hydrogens (tertiary/aromatic N) is 2.